The molecule has 0 aliphatic heterocycles. The molecule has 0 aliphatic rings. The standard InChI is InChI=1S/C10H16N4O/c1-3-12-10(15)7-11-6-9-4-5-13-8(2)14-9/h4-5,11H,3,6-7H2,1-2H3,(H,12,15). The van der Waals surface area contributed by atoms with Crippen molar-refractivity contribution >= 4 is 5.91 Å². The fourth-order valence-electron chi connectivity index (χ4n) is 1.17. The van der Waals surface area contributed by atoms with Crippen LogP contribution in [0.5, 0.6) is 0 Å². The van der Waals surface area contributed by atoms with E-state index in [1.165, 1.54) is 0 Å². The molecular formula is C10H16N4O. The summed E-state index contributed by atoms with van der Waals surface area (Å²) in [4.78, 5) is 19.3. The van der Waals surface area contributed by atoms with Gasteiger partial charge in [-0.2, -0.15) is 0 Å². The van der Waals surface area contributed by atoms with Crippen molar-refractivity contribution in [2.24, 2.45) is 0 Å². The van der Waals surface area contributed by atoms with Crippen LogP contribution in [-0.4, -0.2) is 29.0 Å². The van der Waals surface area contributed by atoms with Crippen LogP contribution in [0.4, 0.5) is 0 Å². The number of nitrogens with one attached hydrogen (secondary N) is 2. The van der Waals surface area contributed by atoms with E-state index in [-0.39, 0.29) is 5.91 Å². The molecule has 0 aromatic carbocycles. The zero-order valence-corrected chi connectivity index (χ0v) is 9.08. The summed E-state index contributed by atoms with van der Waals surface area (Å²) >= 11 is 0. The first-order chi connectivity index (χ1) is 7.22. The SMILES string of the molecule is CCNC(=O)CNCc1ccnc(C)n1. The Balaban J connectivity index is 2.28. The van der Waals surface area contributed by atoms with Gasteiger partial charge in [0.25, 0.3) is 0 Å². The van der Waals surface area contributed by atoms with Gasteiger partial charge in [0.2, 0.25) is 5.91 Å². The van der Waals surface area contributed by atoms with E-state index in [9.17, 15) is 4.79 Å². The molecule has 0 atom stereocenters. The number of carbonyl (C=O) groups is 1. The van der Waals surface area contributed by atoms with Crippen LogP contribution in [0.3, 0.4) is 0 Å². The lowest BCUT2D eigenvalue weighted by atomic mass is 10.4. The van der Waals surface area contributed by atoms with Crippen molar-refractivity contribution in [1.29, 1.82) is 0 Å². The largest absolute Gasteiger partial charge is 0.355 e. The highest BCUT2D eigenvalue weighted by molar-refractivity contribution is 5.77. The quantitative estimate of drug-likeness (QED) is 0.715. The smallest absolute Gasteiger partial charge is 0.233 e. The molecule has 0 saturated carbocycles. The Bertz CT molecular complexity index is 327. The van der Waals surface area contributed by atoms with Crippen molar-refractivity contribution < 1.29 is 4.79 Å². The number of amides is 1. The summed E-state index contributed by atoms with van der Waals surface area (Å²) in [5.74, 6) is 0.746. The molecule has 0 aliphatic carbocycles. The number of nitrogens with zero attached hydrogens (tertiary/aromatic N) is 2. The van der Waals surface area contributed by atoms with E-state index < -0.39 is 0 Å². The second-order valence-corrected chi connectivity index (χ2v) is 3.15. The zero-order chi connectivity index (χ0) is 11.1. The average molecular weight is 208 g/mol. The zero-order valence-electron chi connectivity index (χ0n) is 9.08. The highest BCUT2D eigenvalue weighted by Gasteiger charge is 1.99. The minimum Gasteiger partial charge on any atom is -0.355 e. The maximum absolute atomic E-state index is 11.1. The van der Waals surface area contributed by atoms with Crippen LogP contribution in [0, 0.1) is 6.92 Å². The van der Waals surface area contributed by atoms with Crippen LogP contribution in [0.15, 0.2) is 12.3 Å². The van der Waals surface area contributed by atoms with Gasteiger partial charge in [-0.25, -0.2) is 9.97 Å². The van der Waals surface area contributed by atoms with Crippen molar-refractivity contribution in [2.75, 3.05) is 13.1 Å². The molecule has 5 nitrogen and oxygen atoms in total. The first-order valence-corrected chi connectivity index (χ1v) is 4.98. The minimum absolute atomic E-state index is 0.00304. The van der Waals surface area contributed by atoms with Crippen molar-refractivity contribution in [3.63, 3.8) is 0 Å². The molecule has 1 aromatic rings. The van der Waals surface area contributed by atoms with E-state index in [4.69, 9.17) is 0 Å². The Morgan fingerprint density at radius 3 is 3.00 bits per heavy atom. The van der Waals surface area contributed by atoms with Gasteiger partial charge in [-0.3, -0.25) is 4.79 Å². The molecule has 15 heavy (non-hydrogen) atoms. The van der Waals surface area contributed by atoms with E-state index in [0.29, 0.717) is 19.6 Å². The molecule has 0 radical (unpaired) electrons. The van der Waals surface area contributed by atoms with Gasteiger partial charge in [0, 0.05) is 19.3 Å². The fourth-order valence-corrected chi connectivity index (χ4v) is 1.17. The molecule has 0 fully saturated rings. The maximum Gasteiger partial charge on any atom is 0.233 e. The molecule has 1 heterocycles. The first kappa shape index (κ1) is 11.6. The summed E-state index contributed by atoms with van der Waals surface area (Å²) in [7, 11) is 0. The monoisotopic (exact) mass is 208 g/mol. The summed E-state index contributed by atoms with van der Waals surface area (Å²) in [6, 6.07) is 1.83. The lowest BCUT2D eigenvalue weighted by Gasteiger charge is -2.04. The summed E-state index contributed by atoms with van der Waals surface area (Å²) in [5, 5.41) is 5.72. The Morgan fingerprint density at radius 2 is 2.33 bits per heavy atom. The molecule has 1 rings (SSSR count). The number of hydrogen-bond donors (Lipinski definition) is 2. The normalized spacial score (nSPS) is 10.0. The van der Waals surface area contributed by atoms with Gasteiger partial charge in [-0.15, -0.1) is 0 Å². The molecule has 0 unspecified atom stereocenters. The lowest BCUT2D eigenvalue weighted by molar-refractivity contribution is -0.120. The van der Waals surface area contributed by atoms with Crippen molar-refractivity contribution in [3.8, 4) is 0 Å². The number of rotatable bonds is 5. The van der Waals surface area contributed by atoms with Crippen molar-refractivity contribution in [1.82, 2.24) is 20.6 Å². The highest BCUT2D eigenvalue weighted by atomic mass is 16.1. The lowest BCUT2D eigenvalue weighted by Crippen LogP contribution is -2.33. The molecule has 82 valence electrons. The Labute approximate surface area is 89.3 Å². The predicted molar refractivity (Wildman–Crippen MR) is 57.2 cm³/mol. The Kier molecular flexibility index (Phi) is 4.70. The van der Waals surface area contributed by atoms with Crippen LogP contribution in [0.1, 0.15) is 18.4 Å². The molecule has 5 heteroatoms. The molecule has 1 aromatic heterocycles. The van der Waals surface area contributed by atoms with Crippen LogP contribution < -0.4 is 10.6 Å². The number of hydrogen-bond acceptors (Lipinski definition) is 4. The third-order valence-electron chi connectivity index (χ3n) is 1.80. The maximum atomic E-state index is 11.1. The van der Waals surface area contributed by atoms with Gasteiger partial charge in [-0.05, 0) is 19.9 Å². The van der Waals surface area contributed by atoms with E-state index in [1.807, 2.05) is 19.9 Å². The number of aromatic nitrogens is 2. The van der Waals surface area contributed by atoms with Gasteiger partial charge in [0.1, 0.15) is 5.82 Å². The second-order valence-electron chi connectivity index (χ2n) is 3.15. The van der Waals surface area contributed by atoms with Crippen LogP contribution >= 0.6 is 0 Å². The summed E-state index contributed by atoms with van der Waals surface area (Å²) in [5.41, 5.74) is 0.895. The molecular weight excluding hydrogens is 192 g/mol. The Hall–Kier alpha value is -1.49. The van der Waals surface area contributed by atoms with Gasteiger partial charge in [-0.1, -0.05) is 0 Å². The van der Waals surface area contributed by atoms with Crippen LogP contribution in [0.2, 0.25) is 0 Å². The molecule has 0 spiro atoms. The molecule has 1 amide bonds. The first-order valence-electron chi connectivity index (χ1n) is 4.98. The molecule has 0 saturated heterocycles. The topological polar surface area (TPSA) is 66.9 Å². The van der Waals surface area contributed by atoms with Crippen molar-refractivity contribution in [2.45, 2.75) is 20.4 Å². The fraction of sp³-hybridized carbons (Fsp3) is 0.500. The van der Waals surface area contributed by atoms with E-state index in [2.05, 4.69) is 20.6 Å². The van der Waals surface area contributed by atoms with E-state index in [1.54, 1.807) is 6.20 Å². The Morgan fingerprint density at radius 1 is 1.53 bits per heavy atom. The van der Waals surface area contributed by atoms with E-state index in [0.717, 1.165) is 11.5 Å². The third-order valence-corrected chi connectivity index (χ3v) is 1.80. The van der Waals surface area contributed by atoms with Gasteiger partial charge in [0.15, 0.2) is 0 Å². The predicted octanol–water partition coefficient (Wildman–Crippen LogP) is 0.0107. The second kappa shape index (κ2) is 6.08. The highest BCUT2D eigenvalue weighted by Crippen LogP contribution is 1.93. The van der Waals surface area contributed by atoms with Crippen molar-refractivity contribution in [3.05, 3.63) is 23.8 Å². The number of aryl methyl sites for hydroxylation is 1. The third kappa shape index (κ3) is 4.51. The van der Waals surface area contributed by atoms with Crippen LogP contribution in [0.25, 0.3) is 0 Å². The molecule has 0 bridgehead atoms. The summed E-state index contributed by atoms with van der Waals surface area (Å²) in [6.07, 6.45) is 1.71. The number of carbonyl (C=O) groups excluding carboxylic acids is 1. The number of likely N-dealkylation sites (N-methyl/N-ethyl adjacent to an activating group) is 1. The molecule has 2 N–H and O–H groups in total. The average Bonchev–Trinajstić information content (AvgIpc) is 2.18. The van der Waals surface area contributed by atoms with E-state index >= 15 is 0 Å². The van der Waals surface area contributed by atoms with Crippen LogP contribution in [-0.2, 0) is 11.3 Å². The van der Waals surface area contributed by atoms with Gasteiger partial charge in [0.05, 0.1) is 12.2 Å². The van der Waals surface area contributed by atoms with Gasteiger partial charge < -0.3 is 10.6 Å². The minimum atomic E-state index is 0.00304. The summed E-state index contributed by atoms with van der Waals surface area (Å²) < 4.78 is 0. The summed E-state index contributed by atoms with van der Waals surface area (Å²) in [6.45, 7) is 5.30. The van der Waals surface area contributed by atoms with Gasteiger partial charge >= 0.3 is 0 Å².